The number of halogens is 3. The molecule has 1 aromatic heterocycles. The minimum atomic E-state index is -4.35. The summed E-state index contributed by atoms with van der Waals surface area (Å²) in [6, 6.07) is 5.16. The molecule has 22 heavy (non-hydrogen) atoms. The summed E-state index contributed by atoms with van der Waals surface area (Å²) in [5, 5.41) is 3.31. The molecule has 0 spiro atoms. The summed E-state index contributed by atoms with van der Waals surface area (Å²) in [6.07, 6.45) is 1.04. The van der Waals surface area contributed by atoms with E-state index in [4.69, 9.17) is 0 Å². The maximum Gasteiger partial charge on any atom is 0.416 e. The van der Waals surface area contributed by atoms with E-state index in [9.17, 15) is 13.2 Å². The molecule has 1 aliphatic rings. The Labute approximate surface area is 126 Å². The van der Waals surface area contributed by atoms with Crippen LogP contribution in [0.4, 0.5) is 13.2 Å². The molecule has 2 heterocycles. The predicted molar refractivity (Wildman–Crippen MR) is 77.3 cm³/mol. The Hall–Kier alpha value is -1.95. The number of nitrogens with zero attached hydrogens (tertiary/aromatic N) is 2. The van der Waals surface area contributed by atoms with Gasteiger partial charge in [-0.3, -0.25) is 9.97 Å². The number of hydrogen-bond acceptors (Lipinski definition) is 3. The van der Waals surface area contributed by atoms with Crippen molar-refractivity contribution in [2.45, 2.75) is 24.9 Å². The monoisotopic (exact) mass is 307 g/mol. The minimum absolute atomic E-state index is 0.330. The molecule has 0 saturated carbocycles. The largest absolute Gasteiger partial charge is 0.416 e. The molecule has 0 aliphatic carbocycles. The van der Waals surface area contributed by atoms with E-state index in [2.05, 4.69) is 15.3 Å². The highest BCUT2D eigenvalue weighted by molar-refractivity contribution is 5.59. The van der Waals surface area contributed by atoms with E-state index in [1.165, 1.54) is 6.07 Å². The lowest BCUT2D eigenvalue weighted by Crippen LogP contribution is -2.28. The SMILES string of the molecule is FC(F)(F)c1cccc(-c2cnc(C3CCCNC3)cn2)c1. The zero-order valence-electron chi connectivity index (χ0n) is 11.9. The lowest BCUT2D eigenvalue weighted by atomic mass is 9.96. The first-order valence-corrected chi connectivity index (χ1v) is 7.24. The van der Waals surface area contributed by atoms with Crippen molar-refractivity contribution in [1.29, 1.82) is 0 Å². The number of hydrogen-bond donors (Lipinski definition) is 1. The van der Waals surface area contributed by atoms with Gasteiger partial charge in [0.05, 0.1) is 23.1 Å². The van der Waals surface area contributed by atoms with Gasteiger partial charge in [-0.25, -0.2) is 0 Å². The molecule has 116 valence electrons. The summed E-state index contributed by atoms with van der Waals surface area (Å²) in [4.78, 5) is 8.68. The van der Waals surface area contributed by atoms with E-state index in [0.717, 1.165) is 43.8 Å². The van der Waals surface area contributed by atoms with Crippen molar-refractivity contribution >= 4 is 0 Å². The number of benzene rings is 1. The van der Waals surface area contributed by atoms with Crippen molar-refractivity contribution in [3.05, 3.63) is 47.9 Å². The van der Waals surface area contributed by atoms with E-state index in [1.807, 2.05) is 0 Å². The first-order chi connectivity index (χ1) is 10.5. The second-order valence-electron chi connectivity index (χ2n) is 5.45. The van der Waals surface area contributed by atoms with E-state index in [0.29, 0.717) is 17.2 Å². The van der Waals surface area contributed by atoms with Crippen molar-refractivity contribution in [1.82, 2.24) is 15.3 Å². The lowest BCUT2D eigenvalue weighted by Gasteiger charge is -2.21. The summed E-state index contributed by atoms with van der Waals surface area (Å²) in [5.41, 5.74) is 1.10. The van der Waals surface area contributed by atoms with Gasteiger partial charge >= 0.3 is 6.18 Å². The summed E-state index contributed by atoms with van der Waals surface area (Å²) in [7, 11) is 0. The molecule has 3 rings (SSSR count). The average Bonchev–Trinajstić information content (AvgIpc) is 2.55. The second-order valence-corrected chi connectivity index (χ2v) is 5.45. The molecular weight excluding hydrogens is 291 g/mol. The van der Waals surface area contributed by atoms with Crippen LogP contribution in [0.1, 0.15) is 30.0 Å². The summed E-state index contributed by atoms with van der Waals surface area (Å²) in [6.45, 7) is 1.89. The third kappa shape index (κ3) is 3.27. The molecule has 1 aromatic carbocycles. The summed E-state index contributed by atoms with van der Waals surface area (Å²) >= 11 is 0. The maximum atomic E-state index is 12.7. The Balaban J connectivity index is 1.83. The van der Waals surface area contributed by atoms with Gasteiger partial charge in [-0.15, -0.1) is 0 Å². The number of aromatic nitrogens is 2. The molecule has 1 fully saturated rings. The van der Waals surface area contributed by atoms with Crippen molar-refractivity contribution < 1.29 is 13.2 Å². The maximum absolute atomic E-state index is 12.7. The number of piperidine rings is 1. The first kappa shape index (κ1) is 15.0. The highest BCUT2D eigenvalue weighted by Crippen LogP contribution is 2.31. The number of rotatable bonds is 2. The summed E-state index contributed by atoms with van der Waals surface area (Å²) < 4.78 is 38.2. The zero-order valence-corrected chi connectivity index (χ0v) is 11.9. The van der Waals surface area contributed by atoms with Crippen molar-refractivity contribution in [3.63, 3.8) is 0 Å². The Kier molecular flexibility index (Phi) is 4.11. The van der Waals surface area contributed by atoms with Gasteiger partial charge in [-0.2, -0.15) is 13.2 Å². The first-order valence-electron chi connectivity index (χ1n) is 7.24. The number of alkyl halides is 3. The third-order valence-electron chi connectivity index (χ3n) is 3.87. The van der Waals surface area contributed by atoms with Crippen LogP contribution >= 0.6 is 0 Å². The Morgan fingerprint density at radius 1 is 1.14 bits per heavy atom. The molecule has 1 atom stereocenters. The van der Waals surface area contributed by atoms with Gasteiger partial charge in [0.25, 0.3) is 0 Å². The molecule has 0 radical (unpaired) electrons. The van der Waals surface area contributed by atoms with Crippen LogP contribution in [-0.4, -0.2) is 23.1 Å². The van der Waals surface area contributed by atoms with Gasteiger partial charge in [0.2, 0.25) is 0 Å². The van der Waals surface area contributed by atoms with Crippen LogP contribution in [0.3, 0.4) is 0 Å². The van der Waals surface area contributed by atoms with Crippen LogP contribution in [0.15, 0.2) is 36.7 Å². The molecule has 1 N–H and O–H groups in total. The van der Waals surface area contributed by atoms with Crippen molar-refractivity contribution in [2.24, 2.45) is 0 Å². The van der Waals surface area contributed by atoms with E-state index < -0.39 is 11.7 Å². The highest BCUT2D eigenvalue weighted by Gasteiger charge is 2.30. The van der Waals surface area contributed by atoms with Crippen LogP contribution in [0.25, 0.3) is 11.3 Å². The molecule has 2 aromatic rings. The predicted octanol–water partition coefficient (Wildman–Crippen LogP) is 3.63. The van der Waals surface area contributed by atoms with Crippen LogP contribution in [0, 0.1) is 0 Å². The molecule has 6 heteroatoms. The lowest BCUT2D eigenvalue weighted by molar-refractivity contribution is -0.137. The third-order valence-corrected chi connectivity index (χ3v) is 3.87. The van der Waals surface area contributed by atoms with Gasteiger partial charge in [-0.05, 0) is 31.5 Å². The summed E-state index contributed by atoms with van der Waals surface area (Å²) in [5.74, 6) is 0.330. The van der Waals surface area contributed by atoms with Crippen LogP contribution < -0.4 is 5.32 Å². The smallest absolute Gasteiger partial charge is 0.316 e. The fourth-order valence-corrected chi connectivity index (χ4v) is 2.66. The zero-order chi connectivity index (χ0) is 15.6. The van der Waals surface area contributed by atoms with Gasteiger partial charge in [0.15, 0.2) is 0 Å². The van der Waals surface area contributed by atoms with Gasteiger partial charge in [-0.1, -0.05) is 12.1 Å². The fraction of sp³-hybridized carbons (Fsp3) is 0.375. The molecule has 3 nitrogen and oxygen atoms in total. The molecule has 0 bridgehead atoms. The molecule has 1 aliphatic heterocycles. The van der Waals surface area contributed by atoms with E-state index >= 15 is 0 Å². The molecule has 1 saturated heterocycles. The Morgan fingerprint density at radius 3 is 2.64 bits per heavy atom. The molecule has 1 unspecified atom stereocenters. The topological polar surface area (TPSA) is 37.8 Å². The second kappa shape index (κ2) is 6.04. The minimum Gasteiger partial charge on any atom is -0.316 e. The van der Waals surface area contributed by atoms with Gasteiger partial charge in [0, 0.05) is 24.2 Å². The van der Waals surface area contributed by atoms with Crippen molar-refractivity contribution in [2.75, 3.05) is 13.1 Å². The fourth-order valence-electron chi connectivity index (χ4n) is 2.66. The standard InChI is InChI=1S/C16H16F3N3/c17-16(18,19)13-5-1-3-11(7-13)14-9-22-15(10-21-14)12-4-2-6-20-8-12/h1,3,5,7,9-10,12,20H,2,4,6,8H2. The van der Waals surface area contributed by atoms with Gasteiger partial charge in [0.1, 0.15) is 0 Å². The van der Waals surface area contributed by atoms with E-state index in [1.54, 1.807) is 18.5 Å². The molecule has 0 amide bonds. The van der Waals surface area contributed by atoms with Gasteiger partial charge < -0.3 is 5.32 Å². The van der Waals surface area contributed by atoms with Crippen LogP contribution in [-0.2, 0) is 6.18 Å². The Bertz CT molecular complexity index is 632. The quantitative estimate of drug-likeness (QED) is 0.920. The highest BCUT2D eigenvalue weighted by atomic mass is 19.4. The van der Waals surface area contributed by atoms with Crippen molar-refractivity contribution in [3.8, 4) is 11.3 Å². The van der Waals surface area contributed by atoms with Crippen LogP contribution in [0.2, 0.25) is 0 Å². The average molecular weight is 307 g/mol. The number of nitrogens with one attached hydrogen (secondary N) is 1. The normalized spacial score (nSPS) is 19.1. The Morgan fingerprint density at radius 2 is 2.00 bits per heavy atom. The molecular formula is C16H16F3N3. The van der Waals surface area contributed by atoms with Crippen LogP contribution in [0.5, 0.6) is 0 Å². The van der Waals surface area contributed by atoms with E-state index in [-0.39, 0.29) is 0 Å².